The highest BCUT2D eigenvalue weighted by atomic mass is 79.9. The van der Waals surface area contributed by atoms with Crippen LogP contribution >= 0.6 is 31.9 Å². The fraction of sp³-hybridized carbons (Fsp3) is 0.0769. The van der Waals surface area contributed by atoms with Gasteiger partial charge in [-0.3, -0.25) is 0 Å². The number of nitrogens with one attached hydrogen (secondary N) is 1. The summed E-state index contributed by atoms with van der Waals surface area (Å²) in [5, 5.41) is 3.38. The number of hydrogen-bond donors (Lipinski definition) is 1. The molecule has 1 N–H and O–H groups in total. The van der Waals surface area contributed by atoms with Gasteiger partial charge >= 0.3 is 0 Å². The van der Waals surface area contributed by atoms with E-state index in [-0.39, 0.29) is 0 Å². The smallest absolute Gasteiger partial charge is 0.0412 e. The van der Waals surface area contributed by atoms with Crippen LogP contribution in [0.3, 0.4) is 0 Å². The maximum atomic E-state index is 3.55. The Hall–Kier alpha value is -0.800. The summed E-state index contributed by atoms with van der Waals surface area (Å²) >= 11 is 6.99. The minimum Gasteiger partial charge on any atom is -0.381 e. The third kappa shape index (κ3) is 3.09. The fourth-order valence-corrected chi connectivity index (χ4v) is 2.61. The summed E-state index contributed by atoms with van der Waals surface area (Å²) < 4.78 is 2.20. The van der Waals surface area contributed by atoms with Crippen molar-refractivity contribution in [3.8, 4) is 0 Å². The van der Waals surface area contributed by atoms with Crippen LogP contribution in [0.15, 0.2) is 57.5 Å². The average Bonchev–Trinajstić information content (AvgIpc) is 2.29. The second-order valence-electron chi connectivity index (χ2n) is 3.46. The third-order valence-electron chi connectivity index (χ3n) is 2.27. The maximum Gasteiger partial charge on any atom is 0.0412 e. The normalized spacial score (nSPS) is 10.1. The Bertz CT molecular complexity index is 469. The summed E-state index contributed by atoms with van der Waals surface area (Å²) in [5.41, 5.74) is 2.38. The van der Waals surface area contributed by atoms with Gasteiger partial charge in [0.15, 0.2) is 0 Å². The first kappa shape index (κ1) is 11.7. The molecule has 2 aromatic rings. The molecule has 0 aliphatic carbocycles. The van der Waals surface area contributed by atoms with Crippen LogP contribution in [-0.4, -0.2) is 0 Å². The quantitative estimate of drug-likeness (QED) is 0.844. The summed E-state index contributed by atoms with van der Waals surface area (Å²) in [5.74, 6) is 0. The van der Waals surface area contributed by atoms with Crippen molar-refractivity contribution in [1.29, 1.82) is 0 Å². The molecule has 0 aliphatic heterocycles. The minimum atomic E-state index is 0.817. The predicted octanol–water partition coefficient (Wildman–Crippen LogP) is 4.82. The monoisotopic (exact) mass is 339 g/mol. The molecule has 16 heavy (non-hydrogen) atoms. The van der Waals surface area contributed by atoms with Crippen molar-refractivity contribution in [3.05, 3.63) is 63.0 Å². The van der Waals surface area contributed by atoms with Gasteiger partial charge in [0.05, 0.1) is 0 Å². The van der Waals surface area contributed by atoms with Crippen LogP contribution in [0.25, 0.3) is 0 Å². The van der Waals surface area contributed by atoms with E-state index in [0.29, 0.717) is 0 Å². The van der Waals surface area contributed by atoms with Gasteiger partial charge < -0.3 is 5.32 Å². The van der Waals surface area contributed by atoms with E-state index in [1.165, 1.54) is 5.56 Å². The van der Waals surface area contributed by atoms with Crippen LogP contribution in [0.5, 0.6) is 0 Å². The summed E-state index contributed by atoms with van der Waals surface area (Å²) in [6, 6.07) is 16.4. The number of anilines is 1. The van der Waals surface area contributed by atoms with Gasteiger partial charge in [-0.05, 0) is 29.8 Å². The first-order chi connectivity index (χ1) is 7.75. The molecule has 1 nitrogen and oxygen atoms in total. The van der Waals surface area contributed by atoms with E-state index in [0.717, 1.165) is 21.2 Å². The Kier molecular flexibility index (Phi) is 4.02. The van der Waals surface area contributed by atoms with Crippen LogP contribution in [-0.2, 0) is 6.54 Å². The first-order valence-electron chi connectivity index (χ1n) is 4.98. The predicted molar refractivity (Wildman–Crippen MR) is 75.6 cm³/mol. The Morgan fingerprint density at radius 2 is 1.69 bits per heavy atom. The summed E-state index contributed by atoms with van der Waals surface area (Å²) in [6.07, 6.45) is 0. The molecule has 2 aromatic carbocycles. The van der Waals surface area contributed by atoms with Crippen LogP contribution in [0, 0.1) is 0 Å². The van der Waals surface area contributed by atoms with Gasteiger partial charge in [-0.1, -0.05) is 56.1 Å². The number of para-hydroxylation sites is 1. The van der Waals surface area contributed by atoms with E-state index in [1.54, 1.807) is 0 Å². The molecule has 0 bridgehead atoms. The van der Waals surface area contributed by atoms with E-state index >= 15 is 0 Å². The molecule has 0 fully saturated rings. The zero-order chi connectivity index (χ0) is 11.4. The van der Waals surface area contributed by atoms with E-state index in [1.807, 2.05) is 24.3 Å². The Morgan fingerprint density at radius 1 is 0.938 bits per heavy atom. The van der Waals surface area contributed by atoms with Crippen molar-refractivity contribution in [2.24, 2.45) is 0 Å². The lowest BCUT2D eigenvalue weighted by Gasteiger charge is -2.08. The zero-order valence-corrected chi connectivity index (χ0v) is 11.8. The Balaban J connectivity index is 2.05. The lowest BCUT2D eigenvalue weighted by molar-refractivity contribution is 1.13. The van der Waals surface area contributed by atoms with Crippen LogP contribution in [0.1, 0.15) is 5.56 Å². The molecule has 0 unspecified atom stereocenters. The molecule has 0 saturated heterocycles. The first-order valence-corrected chi connectivity index (χ1v) is 6.57. The third-order valence-corrected chi connectivity index (χ3v) is 3.50. The van der Waals surface area contributed by atoms with Crippen LogP contribution in [0.2, 0.25) is 0 Å². The molecule has 0 atom stereocenters. The molecule has 0 aliphatic rings. The van der Waals surface area contributed by atoms with Crippen molar-refractivity contribution in [2.75, 3.05) is 5.32 Å². The Morgan fingerprint density at radius 3 is 2.38 bits per heavy atom. The molecule has 0 heterocycles. The molecule has 2 rings (SSSR count). The van der Waals surface area contributed by atoms with E-state index < -0.39 is 0 Å². The van der Waals surface area contributed by atoms with Crippen LogP contribution < -0.4 is 5.32 Å². The van der Waals surface area contributed by atoms with Crippen molar-refractivity contribution in [1.82, 2.24) is 0 Å². The highest BCUT2D eigenvalue weighted by molar-refractivity contribution is 9.11. The summed E-state index contributed by atoms with van der Waals surface area (Å²) in [7, 11) is 0. The Labute approximate surface area is 112 Å². The number of benzene rings is 2. The van der Waals surface area contributed by atoms with Crippen molar-refractivity contribution < 1.29 is 0 Å². The summed E-state index contributed by atoms with van der Waals surface area (Å²) in [6.45, 7) is 0.817. The second kappa shape index (κ2) is 5.51. The van der Waals surface area contributed by atoms with Gasteiger partial charge in [0, 0.05) is 21.2 Å². The zero-order valence-electron chi connectivity index (χ0n) is 8.58. The van der Waals surface area contributed by atoms with Crippen LogP contribution in [0.4, 0.5) is 5.69 Å². The lowest BCUT2D eigenvalue weighted by atomic mass is 10.2. The fourth-order valence-electron chi connectivity index (χ4n) is 1.42. The van der Waals surface area contributed by atoms with Crippen molar-refractivity contribution >= 4 is 37.5 Å². The summed E-state index contributed by atoms with van der Waals surface area (Å²) in [4.78, 5) is 0. The molecule has 0 spiro atoms. The molecule has 82 valence electrons. The maximum absolute atomic E-state index is 3.55. The van der Waals surface area contributed by atoms with Gasteiger partial charge in [-0.15, -0.1) is 0 Å². The number of hydrogen-bond acceptors (Lipinski definition) is 1. The number of rotatable bonds is 3. The van der Waals surface area contributed by atoms with Crippen molar-refractivity contribution in [2.45, 2.75) is 6.54 Å². The van der Waals surface area contributed by atoms with Gasteiger partial charge in [0.25, 0.3) is 0 Å². The van der Waals surface area contributed by atoms with Gasteiger partial charge in [-0.25, -0.2) is 0 Å². The topological polar surface area (TPSA) is 12.0 Å². The molecule has 3 heteroatoms. The molecular weight excluding hydrogens is 330 g/mol. The standard InChI is InChI=1S/C13H11Br2N/c14-11-7-6-10(13(15)8-11)9-16-12-4-2-1-3-5-12/h1-8,16H,9H2. The molecule has 0 radical (unpaired) electrons. The van der Waals surface area contributed by atoms with Crippen molar-refractivity contribution in [3.63, 3.8) is 0 Å². The highest BCUT2D eigenvalue weighted by Gasteiger charge is 2.00. The lowest BCUT2D eigenvalue weighted by Crippen LogP contribution is -1.99. The highest BCUT2D eigenvalue weighted by Crippen LogP contribution is 2.22. The van der Waals surface area contributed by atoms with Gasteiger partial charge in [0.2, 0.25) is 0 Å². The molecule has 0 saturated carbocycles. The van der Waals surface area contributed by atoms with E-state index in [2.05, 4.69) is 61.4 Å². The minimum absolute atomic E-state index is 0.817. The van der Waals surface area contributed by atoms with Gasteiger partial charge in [-0.2, -0.15) is 0 Å². The average molecular weight is 341 g/mol. The number of halogens is 2. The molecule has 0 amide bonds. The second-order valence-corrected chi connectivity index (χ2v) is 5.23. The largest absolute Gasteiger partial charge is 0.381 e. The molecular formula is C13H11Br2N. The van der Waals surface area contributed by atoms with Gasteiger partial charge in [0.1, 0.15) is 0 Å². The van der Waals surface area contributed by atoms with E-state index in [9.17, 15) is 0 Å². The molecule has 0 aromatic heterocycles. The SMILES string of the molecule is Brc1ccc(CNc2ccccc2)c(Br)c1. The van der Waals surface area contributed by atoms with E-state index in [4.69, 9.17) is 0 Å².